The van der Waals surface area contributed by atoms with Gasteiger partial charge in [0, 0.05) is 11.0 Å². The van der Waals surface area contributed by atoms with Crippen LogP contribution in [0.15, 0.2) is 60.7 Å². The lowest BCUT2D eigenvalue weighted by molar-refractivity contribution is -0.111. The highest BCUT2D eigenvalue weighted by Gasteiger charge is 2.18. The predicted molar refractivity (Wildman–Crippen MR) is 115 cm³/mol. The minimum Gasteiger partial charge on any atom is -0.465 e. The number of halogens is 2. The van der Waals surface area contributed by atoms with Crippen LogP contribution < -0.4 is 5.32 Å². The Balaban J connectivity index is 1.82. The molecule has 7 heteroatoms. The summed E-state index contributed by atoms with van der Waals surface area (Å²) in [4.78, 5) is 25.3. The zero-order chi connectivity index (χ0) is 20.1. The summed E-state index contributed by atoms with van der Waals surface area (Å²) >= 11 is 13.2. The molecule has 0 aliphatic carbocycles. The van der Waals surface area contributed by atoms with E-state index in [2.05, 4.69) is 5.32 Å². The highest BCUT2D eigenvalue weighted by molar-refractivity contribution is 7.20. The summed E-state index contributed by atoms with van der Waals surface area (Å²) in [6.45, 7) is 0. The first-order chi connectivity index (χ1) is 13.5. The van der Waals surface area contributed by atoms with E-state index in [1.54, 1.807) is 30.3 Å². The lowest BCUT2D eigenvalue weighted by Gasteiger charge is -2.02. The lowest BCUT2D eigenvalue weighted by atomic mass is 10.1. The molecule has 28 heavy (non-hydrogen) atoms. The Morgan fingerprint density at radius 3 is 2.46 bits per heavy atom. The molecule has 0 bridgehead atoms. The molecule has 1 N–H and O–H groups in total. The number of hydrogen-bond acceptors (Lipinski definition) is 4. The van der Waals surface area contributed by atoms with Crippen molar-refractivity contribution in [2.45, 2.75) is 0 Å². The Morgan fingerprint density at radius 2 is 1.79 bits per heavy atom. The van der Waals surface area contributed by atoms with Crippen molar-refractivity contribution in [1.82, 2.24) is 0 Å². The third-order valence-corrected chi connectivity index (χ3v) is 5.64. The molecule has 0 unspecified atom stereocenters. The number of methoxy groups -OCH3 is 1. The van der Waals surface area contributed by atoms with Crippen LogP contribution in [-0.4, -0.2) is 19.0 Å². The van der Waals surface area contributed by atoms with Crippen LogP contribution in [0.5, 0.6) is 0 Å². The smallest absolute Gasteiger partial charge is 0.340 e. The van der Waals surface area contributed by atoms with Crippen molar-refractivity contribution in [1.29, 1.82) is 0 Å². The number of anilines is 1. The van der Waals surface area contributed by atoms with Crippen LogP contribution in [0.4, 0.5) is 5.00 Å². The Kier molecular flexibility index (Phi) is 6.52. The van der Waals surface area contributed by atoms with E-state index in [0.717, 1.165) is 16.0 Å². The van der Waals surface area contributed by atoms with Gasteiger partial charge in [-0.15, -0.1) is 11.3 Å². The van der Waals surface area contributed by atoms with Gasteiger partial charge in [0.25, 0.3) is 0 Å². The molecule has 0 aliphatic rings. The number of ether oxygens (including phenoxy) is 1. The second kappa shape index (κ2) is 9.06. The van der Waals surface area contributed by atoms with Crippen LogP contribution in [0.25, 0.3) is 16.5 Å². The van der Waals surface area contributed by atoms with E-state index in [0.29, 0.717) is 20.6 Å². The molecule has 4 nitrogen and oxygen atoms in total. The maximum absolute atomic E-state index is 12.3. The molecule has 1 aromatic heterocycles. The largest absolute Gasteiger partial charge is 0.465 e. The van der Waals surface area contributed by atoms with Gasteiger partial charge < -0.3 is 10.1 Å². The Hall–Kier alpha value is -2.60. The maximum Gasteiger partial charge on any atom is 0.340 e. The SMILES string of the molecule is COC(=O)c1cc(-c2ccccc2)sc1NC(=O)/C=C/c1ccc(Cl)c(Cl)c1. The number of benzene rings is 2. The van der Waals surface area contributed by atoms with Crippen LogP contribution >= 0.6 is 34.5 Å². The van der Waals surface area contributed by atoms with E-state index in [9.17, 15) is 9.59 Å². The summed E-state index contributed by atoms with van der Waals surface area (Å²) in [6.07, 6.45) is 2.98. The van der Waals surface area contributed by atoms with Crippen molar-refractivity contribution in [2.24, 2.45) is 0 Å². The first-order valence-corrected chi connectivity index (χ1v) is 9.77. The van der Waals surface area contributed by atoms with E-state index < -0.39 is 5.97 Å². The number of esters is 1. The molecule has 0 radical (unpaired) electrons. The second-order valence-corrected chi connectivity index (χ2v) is 7.57. The maximum atomic E-state index is 12.3. The van der Waals surface area contributed by atoms with Gasteiger partial charge in [-0.25, -0.2) is 4.79 Å². The molecule has 0 fully saturated rings. The number of carbonyl (C=O) groups excluding carboxylic acids is 2. The zero-order valence-electron chi connectivity index (χ0n) is 14.7. The van der Waals surface area contributed by atoms with E-state index in [4.69, 9.17) is 27.9 Å². The highest BCUT2D eigenvalue weighted by atomic mass is 35.5. The molecule has 0 saturated carbocycles. The summed E-state index contributed by atoms with van der Waals surface area (Å²) in [5.41, 5.74) is 1.99. The van der Waals surface area contributed by atoms with E-state index in [-0.39, 0.29) is 5.91 Å². The van der Waals surface area contributed by atoms with Gasteiger partial charge in [-0.2, -0.15) is 0 Å². The molecule has 142 valence electrons. The molecule has 2 aromatic carbocycles. The van der Waals surface area contributed by atoms with Gasteiger partial charge in [-0.05, 0) is 35.4 Å². The number of hydrogen-bond donors (Lipinski definition) is 1. The summed E-state index contributed by atoms with van der Waals surface area (Å²) in [6, 6.07) is 16.4. The van der Waals surface area contributed by atoms with Gasteiger partial charge in [-0.1, -0.05) is 59.6 Å². The van der Waals surface area contributed by atoms with Gasteiger partial charge in [-0.3, -0.25) is 4.79 Å². The fraction of sp³-hybridized carbons (Fsp3) is 0.0476. The number of rotatable bonds is 5. The van der Waals surface area contributed by atoms with E-state index in [1.165, 1.54) is 24.5 Å². The normalized spacial score (nSPS) is 10.8. The molecule has 0 aliphatic heterocycles. The van der Waals surface area contributed by atoms with Gasteiger partial charge in [0.2, 0.25) is 5.91 Å². The number of nitrogens with one attached hydrogen (secondary N) is 1. The fourth-order valence-electron chi connectivity index (χ4n) is 2.43. The molecule has 1 heterocycles. The minimum atomic E-state index is -0.512. The zero-order valence-corrected chi connectivity index (χ0v) is 17.1. The molecule has 1 amide bonds. The number of carbonyl (C=O) groups is 2. The third-order valence-electron chi connectivity index (χ3n) is 3.80. The lowest BCUT2D eigenvalue weighted by Crippen LogP contribution is -2.10. The third kappa shape index (κ3) is 4.81. The van der Waals surface area contributed by atoms with Crippen LogP contribution in [0.3, 0.4) is 0 Å². The Labute approximate surface area is 176 Å². The summed E-state index contributed by atoms with van der Waals surface area (Å²) in [5.74, 6) is -0.889. The summed E-state index contributed by atoms with van der Waals surface area (Å²) in [7, 11) is 1.30. The Morgan fingerprint density at radius 1 is 1.04 bits per heavy atom. The van der Waals surface area contributed by atoms with Crippen molar-refractivity contribution in [3.05, 3.63) is 81.8 Å². The molecular formula is C21H15Cl2NO3S. The average Bonchev–Trinajstić information content (AvgIpc) is 3.12. The average molecular weight is 432 g/mol. The number of amides is 1. The molecule has 3 rings (SSSR count). The molecular weight excluding hydrogens is 417 g/mol. The van der Waals surface area contributed by atoms with Crippen LogP contribution in [0.1, 0.15) is 15.9 Å². The summed E-state index contributed by atoms with van der Waals surface area (Å²) < 4.78 is 4.83. The van der Waals surface area contributed by atoms with Crippen molar-refractivity contribution in [3.63, 3.8) is 0 Å². The fourth-order valence-corrected chi connectivity index (χ4v) is 3.79. The van der Waals surface area contributed by atoms with Crippen LogP contribution in [-0.2, 0) is 9.53 Å². The quantitative estimate of drug-likeness (QED) is 0.388. The number of thiophene rings is 1. The van der Waals surface area contributed by atoms with Crippen molar-refractivity contribution < 1.29 is 14.3 Å². The van der Waals surface area contributed by atoms with Gasteiger partial charge >= 0.3 is 5.97 Å². The summed E-state index contributed by atoms with van der Waals surface area (Å²) in [5, 5.41) is 4.02. The van der Waals surface area contributed by atoms with E-state index in [1.807, 2.05) is 30.3 Å². The topological polar surface area (TPSA) is 55.4 Å². The minimum absolute atomic E-state index is 0.308. The molecule has 0 atom stereocenters. The molecule has 0 saturated heterocycles. The molecule has 0 spiro atoms. The van der Waals surface area contributed by atoms with Crippen molar-refractivity contribution in [2.75, 3.05) is 12.4 Å². The van der Waals surface area contributed by atoms with E-state index >= 15 is 0 Å². The van der Waals surface area contributed by atoms with Crippen LogP contribution in [0, 0.1) is 0 Å². The van der Waals surface area contributed by atoms with Gasteiger partial charge in [0.05, 0.1) is 22.7 Å². The Bertz CT molecular complexity index is 1050. The standard InChI is InChI=1S/C21H15Cl2NO3S/c1-27-21(26)15-12-18(14-5-3-2-4-6-14)28-20(15)24-19(25)10-8-13-7-9-16(22)17(23)11-13/h2-12H,1H3,(H,24,25)/b10-8+. The van der Waals surface area contributed by atoms with Crippen molar-refractivity contribution in [3.8, 4) is 10.4 Å². The van der Waals surface area contributed by atoms with Crippen molar-refractivity contribution >= 4 is 57.5 Å². The van der Waals surface area contributed by atoms with Gasteiger partial charge in [0.1, 0.15) is 5.00 Å². The second-order valence-electron chi connectivity index (χ2n) is 5.71. The predicted octanol–water partition coefficient (Wildman–Crippen LogP) is 6.16. The highest BCUT2D eigenvalue weighted by Crippen LogP contribution is 2.36. The monoisotopic (exact) mass is 431 g/mol. The first kappa shape index (κ1) is 20.1. The first-order valence-electron chi connectivity index (χ1n) is 8.19. The van der Waals surface area contributed by atoms with Gasteiger partial charge in [0.15, 0.2) is 0 Å². The molecule has 3 aromatic rings. The van der Waals surface area contributed by atoms with Crippen LogP contribution in [0.2, 0.25) is 10.0 Å².